The fourth-order valence-electron chi connectivity index (χ4n) is 3.75. The van der Waals surface area contributed by atoms with E-state index in [1.54, 1.807) is 20.8 Å². The number of sulfone groups is 1. The van der Waals surface area contributed by atoms with Crippen molar-refractivity contribution in [2.75, 3.05) is 5.32 Å². The SMILES string of the molecule is Cc1c(S(=O)(=O)c2ccc(Cl)cc2[N+](=O)[O-])cc(C(C)(C)C)c(O)c1C(=O)Nc1ccc([N+](=O)[O-])cc1Cl. The van der Waals surface area contributed by atoms with Crippen LogP contribution in [0.3, 0.4) is 0 Å². The van der Waals surface area contributed by atoms with E-state index in [0.29, 0.717) is 0 Å². The minimum atomic E-state index is -4.61. The minimum absolute atomic E-state index is 0.0278. The predicted molar refractivity (Wildman–Crippen MR) is 141 cm³/mol. The van der Waals surface area contributed by atoms with Crippen molar-refractivity contribution in [3.63, 3.8) is 0 Å². The number of hydrogen-bond acceptors (Lipinski definition) is 8. The van der Waals surface area contributed by atoms with E-state index in [0.717, 1.165) is 24.3 Å². The third-order valence-corrected chi connectivity index (χ3v) is 8.13. The molecule has 2 N–H and O–H groups in total. The van der Waals surface area contributed by atoms with Gasteiger partial charge in [0.1, 0.15) is 10.6 Å². The van der Waals surface area contributed by atoms with Gasteiger partial charge in [-0.25, -0.2) is 8.42 Å². The van der Waals surface area contributed by atoms with Gasteiger partial charge in [-0.3, -0.25) is 25.0 Å². The number of aromatic hydroxyl groups is 1. The zero-order valence-corrected chi connectivity index (χ0v) is 22.7. The Morgan fingerprint density at radius 2 is 1.61 bits per heavy atom. The normalized spacial score (nSPS) is 11.7. The van der Waals surface area contributed by atoms with Crippen LogP contribution in [0.1, 0.15) is 42.3 Å². The molecule has 3 aromatic rings. The summed E-state index contributed by atoms with van der Waals surface area (Å²) in [6.45, 7) is 6.29. The van der Waals surface area contributed by atoms with Gasteiger partial charge in [-0.05, 0) is 42.2 Å². The van der Waals surface area contributed by atoms with Gasteiger partial charge < -0.3 is 10.4 Å². The molecule has 11 nitrogen and oxygen atoms in total. The number of nitro groups is 2. The van der Waals surface area contributed by atoms with Crippen LogP contribution in [0, 0.1) is 27.2 Å². The van der Waals surface area contributed by atoms with E-state index < -0.39 is 57.8 Å². The average Bonchev–Trinajstić information content (AvgIpc) is 2.79. The molecule has 0 aliphatic carbocycles. The van der Waals surface area contributed by atoms with Crippen molar-refractivity contribution in [3.05, 3.63) is 89.4 Å². The fourth-order valence-corrected chi connectivity index (χ4v) is 5.81. The largest absolute Gasteiger partial charge is 0.507 e. The maximum absolute atomic E-state index is 13.7. The third-order valence-electron chi connectivity index (χ3n) is 5.66. The van der Waals surface area contributed by atoms with Crippen molar-refractivity contribution < 1.29 is 28.2 Å². The molecule has 0 spiro atoms. The van der Waals surface area contributed by atoms with Crippen molar-refractivity contribution in [1.82, 2.24) is 0 Å². The Morgan fingerprint density at radius 3 is 2.13 bits per heavy atom. The Kier molecular flexibility index (Phi) is 7.74. The van der Waals surface area contributed by atoms with Crippen LogP contribution in [0.4, 0.5) is 17.1 Å². The summed E-state index contributed by atoms with van der Waals surface area (Å²) >= 11 is 11.9. The van der Waals surface area contributed by atoms with Crippen LogP contribution in [0.2, 0.25) is 10.0 Å². The van der Waals surface area contributed by atoms with Crippen molar-refractivity contribution >= 4 is 56.0 Å². The third kappa shape index (κ3) is 5.42. The first-order valence-corrected chi connectivity index (χ1v) is 13.0. The number of phenols is 1. The van der Waals surface area contributed by atoms with E-state index in [4.69, 9.17) is 23.2 Å². The summed E-state index contributed by atoms with van der Waals surface area (Å²) in [5.41, 5.74) is -2.49. The van der Waals surface area contributed by atoms with Crippen LogP contribution in [-0.2, 0) is 15.3 Å². The summed E-state index contributed by atoms with van der Waals surface area (Å²) in [5, 5.41) is 35.9. The zero-order chi connectivity index (χ0) is 28.7. The number of non-ortho nitro benzene ring substituents is 1. The lowest BCUT2D eigenvalue weighted by Gasteiger charge is -2.25. The van der Waals surface area contributed by atoms with Gasteiger partial charge in [0.25, 0.3) is 17.3 Å². The standard InChI is InChI=1S/C24H21Cl2N3O8S/c1-12-20(38(36,37)19-8-5-13(25)9-18(19)29(34)35)11-15(24(2,3)4)22(30)21(12)23(31)27-17-7-6-14(28(32)33)10-16(17)26/h5-11,30H,1-4H3,(H,27,31). The molecule has 38 heavy (non-hydrogen) atoms. The second kappa shape index (κ2) is 10.2. The maximum atomic E-state index is 13.7. The molecule has 0 aliphatic heterocycles. The highest BCUT2D eigenvalue weighted by atomic mass is 35.5. The lowest BCUT2D eigenvalue weighted by atomic mass is 9.84. The highest BCUT2D eigenvalue weighted by Gasteiger charge is 2.35. The molecule has 1 amide bonds. The monoisotopic (exact) mass is 581 g/mol. The van der Waals surface area contributed by atoms with Gasteiger partial charge in [0.15, 0.2) is 0 Å². The lowest BCUT2D eigenvalue weighted by Crippen LogP contribution is -2.21. The number of carbonyl (C=O) groups excluding carboxylic acids is 1. The Morgan fingerprint density at radius 1 is 0.974 bits per heavy atom. The van der Waals surface area contributed by atoms with Crippen molar-refractivity contribution in [1.29, 1.82) is 0 Å². The molecule has 0 unspecified atom stereocenters. The Hall–Kier alpha value is -3.74. The second-order valence-corrected chi connectivity index (χ2v) is 12.0. The molecule has 3 aromatic carbocycles. The molecule has 200 valence electrons. The summed E-state index contributed by atoms with van der Waals surface area (Å²) in [6.07, 6.45) is 0. The fraction of sp³-hybridized carbons (Fsp3) is 0.208. The van der Waals surface area contributed by atoms with Gasteiger partial charge in [-0.1, -0.05) is 44.0 Å². The highest BCUT2D eigenvalue weighted by molar-refractivity contribution is 7.91. The number of carbonyl (C=O) groups is 1. The van der Waals surface area contributed by atoms with E-state index in [1.165, 1.54) is 25.1 Å². The summed E-state index contributed by atoms with van der Waals surface area (Å²) in [7, 11) is -4.61. The van der Waals surface area contributed by atoms with Crippen LogP contribution in [0.15, 0.2) is 52.3 Å². The molecule has 0 atom stereocenters. The molecule has 0 heterocycles. The van der Waals surface area contributed by atoms with Crippen LogP contribution < -0.4 is 5.32 Å². The molecule has 0 aromatic heterocycles. The number of amides is 1. The number of phenolic OH excluding ortho intramolecular Hbond substituents is 1. The van der Waals surface area contributed by atoms with Crippen molar-refractivity contribution in [3.8, 4) is 5.75 Å². The average molecular weight is 582 g/mol. The number of hydrogen-bond donors (Lipinski definition) is 2. The molecule has 0 bridgehead atoms. The number of nitrogens with zero attached hydrogens (tertiary/aromatic N) is 2. The Bertz CT molecular complexity index is 1620. The molecule has 14 heteroatoms. The van der Waals surface area contributed by atoms with E-state index in [-0.39, 0.29) is 32.5 Å². The highest BCUT2D eigenvalue weighted by Crippen LogP contribution is 2.42. The summed E-state index contributed by atoms with van der Waals surface area (Å²) in [4.78, 5) is 33.3. The molecule has 0 saturated heterocycles. The molecule has 0 aliphatic rings. The summed E-state index contributed by atoms with van der Waals surface area (Å²) in [5.74, 6) is -1.46. The molecular weight excluding hydrogens is 561 g/mol. The van der Waals surface area contributed by atoms with Crippen LogP contribution in [0.5, 0.6) is 5.75 Å². The van der Waals surface area contributed by atoms with Gasteiger partial charge in [-0.2, -0.15) is 0 Å². The van der Waals surface area contributed by atoms with Crippen LogP contribution in [0.25, 0.3) is 0 Å². The molecule has 0 saturated carbocycles. The number of nitro benzene ring substituents is 2. The quantitative estimate of drug-likeness (QED) is 0.255. The predicted octanol–water partition coefficient (Wildman–Crippen LogP) is 6.21. The molecular formula is C24H21Cl2N3O8S. The number of halogens is 2. The lowest BCUT2D eigenvalue weighted by molar-refractivity contribution is -0.387. The number of benzene rings is 3. The zero-order valence-electron chi connectivity index (χ0n) is 20.4. The first kappa shape index (κ1) is 28.8. The maximum Gasteiger partial charge on any atom is 0.289 e. The van der Waals surface area contributed by atoms with Gasteiger partial charge >= 0.3 is 0 Å². The molecule has 0 fully saturated rings. The van der Waals surface area contributed by atoms with Gasteiger partial charge in [0, 0.05) is 28.8 Å². The first-order chi connectivity index (χ1) is 17.5. The van der Waals surface area contributed by atoms with E-state index >= 15 is 0 Å². The number of anilines is 1. The first-order valence-electron chi connectivity index (χ1n) is 10.8. The number of nitrogens with one attached hydrogen (secondary N) is 1. The number of rotatable bonds is 6. The van der Waals surface area contributed by atoms with Gasteiger partial charge in [0.05, 0.1) is 31.0 Å². The van der Waals surface area contributed by atoms with Crippen LogP contribution in [-0.4, -0.2) is 29.3 Å². The summed E-state index contributed by atoms with van der Waals surface area (Å²) < 4.78 is 27.4. The Labute approximate surface area is 227 Å². The van der Waals surface area contributed by atoms with E-state index in [2.05, 4.69) is 5.32 Å². The molecule has 0 radical (unpaired) electrons. The van der Waals surface area contributed by atoms with E-state index in [1.807, 2.05) is 0 Å². The topological polar surface area (TPSA) is 170 Å². The minimum Gasteiger partial charge on any atom is -0.507 e. The summed E-state index contributed by atoms with van der Waals surface area (Å²) in [6, 6.07) is 7.57. The van der Waals surface area contributed by atoms with Crippen LogP contribution >= 0.6 is 23.2 Å². The Balaban J connectivity index is 2.27. The van der Waals surface area contributed by atoms with Gasteiger partial charge in [-0.15, -0.1) is 0 Å². The smallest absolute Gasteiger partial charge is 0.289 e. The molecule has 3 rings (SSSR count). The van der Waals surface area contributed by atoms with Crippen molar-refractivity contribution in [2.24, 2.45) is 0 Å². The van der Waals surface area contributed by atoms with Crippen molar-refractivity contribution in [2.45, 2.75) is 42.9 Å². The van der Waals surface area contributed by atoms with Gasteiger partial charge in [0.2, 0.25) is 9.84 Å². The second-order valence-electron chi connectivity index (χ2n) is 9.27. The van der Waals surface area contributed by atoms with E-state index in [9.17, 15) is 38.5 Å².